The van der Waals surface area contributed by atoms with E-state index < -0.39 is 0 Å². The molecule has 0 aromatic carbocycles. The first-order valence-corrected chi connectivity index (χ1v) is 6.84. The van der Waals surface area contributed by atoms with Crippen LogP contribution in [0.5, 0.6) is 0 Å². The van der Waals surface area contributed by atoms with Gasteiger partial charge in [0.15, 0.2) is 0 Å². The number of amides is 1. The van der Waals surface area contributed by atoms with Crippen LogP contribution in [0.15, 0.2) is 0 Å². The summed E-state index contributed by atoms with van der Waals surface area (Å²) in [5.74, 6) is 1.36. The Morgan fingerprint density at radius 1 is 1.35 bits per heavy atom. The van der Waals surface area contributed by atoms with E-state index in [2.05, 4.69) is 19.2 Å². The summed E-state index contributed by atoms with van der Waals surface area (Å²) in [6.07, 6.45) is 3.89. The van der Waals surface area contributed by atoms with Crippen LogP contribution in [0.4, 0.5) is 0 Å². The van der Waals surface area contributed by atoms with Gasteiger partial charge in [0.1, 0.15) is 0 Å². The van der Waals surface area contributed by atoms with Gasteiger partial charge in [-0.05, 0) is 31.1 Å². The number of ether oxygens (including phenoxy) is 1. The molecule has 0 spiro atoms. The highest BCUT2D eigenvalue weighted by Gasteiger charge is 2.47. The Morgan fingerprint density at radius 2 is 2.12 bits per heavy atom. The molecule has 3 rings (SSSR count). The molecule has 96 valence electrons. The molecule has 4 nitrogen and oxygen atoms in total. The van der Waals surface area contributed by atoms with Gasteiger partial charge in [-0.15, -0.1) is 0 Å². The Bertz CT molecular complexity index is 315. The molecule has 0 radical (unpaired) electrons. The van der Waals surface area contributed by atoms with E-state index >= 15 is 0 Å². The Kier molecular flexibility index (Phi) is 2.87. The van der Waals surface area contributed by atoms with E-state index in [1.807, 2.05) is 4.90 Å². The molecule has 3 fully saturated rings. The molecule has 0 aromatic heterocycles. The van der Waals surface area contributed by atoms with Gasteiger partial charge in [-0.3, -0.25) is 10.1 Å². The van der Waals surface area contributed by atoms with Gasteiger partial charge >= 0.3 is 0 Å². The van der Waals surface area contributed by atoms with Crippen LogP contribution >= 0.6 is 0 Å². The summed E-state index contributed by atoms with van der Waals surface area (Å²) in [5.41, 5.74) is 0. The smallest absolute Gasteiger partial charge is 0.241 e. The molecule has 3 atom stereocenters. The Hall–Kier alpha value is -0.610. The summed E-state index contributed by atoms with van der Waals surface area (Å²) >= 11 is 0. The summed E-state index contributed by atoms with van der Waals surface area (Å²) < 4.78 is 5.82. The van der Waals surface area contributed by atoms with Crippen molar-refractivity contribution < 1.29 is 9.53 Å². The number of carbonyl (C=O) groups is 1. The minimum Gasteiger partial charge on any atom is -0.376 e. The second-order valence-corrected chi connectivity index (χ2v) is 5.92. The third-order valence-corrected chi connectivity index (χ3v) is 4.29. The van der Waals surface area contributed by atoms with Crippen LogP contribution in [0, 0.1) is 11.8 Å². The van der Waals surface area contributed by atoms with E-state index in [4.69, 9.17) is 4.74 Å². The van der Waals surface area contributed by atoms with Crippen LogP contribution < -0.4 is 5.32 Å². The lowest BCUT2D eigenvalue weighted by molar-refractivity contribution is -0.132. The number of hydrogen-bond donors (Lipinski definition) is 1. The summed E-state index contributed by atoms with van der Waals surface area (Å²) in [6.45, 7) is 5.73. The first kappa shape index (κ1) is 11.5. The van der Waals surface area contributed by atoms with Crippen LogP contribution in [-0.2, 0) is 9.53 Å². The monoisotopic (exact) mass is 238 g/mol. The van der Waals surface area contributed by atoms with Crippen LogP contribution in [0.3, 0.4) is 0 Å². The van der Waals surface area contributed by atoms with Gasteiger partial charge in [-0.2, -0.15) is 0 Å². The van der Waals surface area contributed by atoms with Gasteiger partial charge in [-0.25, -0.2) is 0 Å². The maximum absolute atomic E-state index is 12.3. The van der Waals surface area contributed by atoms with Gasteiger partial charge in [0.2, 0.25) is 5.91 Å². The third kappa shape index (κ3) is 1.97. The van der Waals surface area contributed by atoms with Crippen LogP contribution in [0.1, 0.15) is 33.1 Å². The summed E-state index contributed by atoms with van der Waals surface area (Å²) in [7, 11) is 0. The van der Waals surface area contributed by atoms with Crippen molar-refractivity contribution in [2.24, 2.45) is 11.8 Å². The normalized spacial score (nSPS) is 38.4. The van der Waals surface area contributed by atoms with Crippen LogP contribution in [-0.4, -0.2) is 42.3 Å². The van der Waals surface area contributed by atoms with Gasteiger partial charge in [-0.1, -0.05) is 13.8 Å². The maximum Gasteiger partial charge on any atom is 0.241 e. The molecular weight excluding hydrogens is 216 g/mol. The van der Waals surface area contributed by atoms with Gasteiger partial charge < -0.3 is 9.64 Å². The van der Waals surface area contributed by atoms with Crippen molar-refractivity contribution in [3.63, 3.8) is 0 Å². The number of rotatable bonds is 3. The molecule has 17 heavy (non-hydrogen) atoms. The SMILES string of the molecule is CC(C)C1NCN(C2CCOC2C2CC2)C1=O. The lowest BCUT2D eigenvalue weighted by Crippen LogP contribution is -2.44. The van der Waals surface area contributed by atoms with Crippen LogP contribution in [0.25, 0.3) is 0 Å². The number of nitrogens with zero attached hydrogens (tertiary/aromatic N) is 1. The average Bonchev–Trinajstić information content (AvgIpc) is 2.88. The fourth-order valence-corrected chi connectivity index (χ4v) is 3.15. The number of hydrogen-bond acceptors (Lipinski definition) is 3. The first-order valence-electron chi connectivity index (χ1n) is 6.84. The predicted molar refractivity (Wildman–Crippen MR) is 64.3 cm³/mol. The molecule has 0 aromatic rings. The zero-order valence-corrected chi connectivity index (χ0v) is 10.7. The van der Waals surface area contributed by atoms with Crippen molar-refractivity contribution in [1.82, 2.24) is 10.2 Å². The zero-order chi connectivity index (χ0) is 12.0. The van der Waals surface area contributed by atoms with E-state index in [1.54, 1.807) is 0 Å². The zero-order valence-electron chi connectivity index (χ0n) is 10.7. The molecule has 1 aliphatic carbocycles. The van der Waals surface area contributed by atoms with E-state index in [0.717, 1.165) is 13.0 Å². The Morgan fingerprint density at radius 3 is 2.71 bits per heavy atom. The van der Waals surface area contributed by atoms with E-state index in [9.17, 15) is 4.79 Å². The molecule has 1 amide bonds. The Labute approximate surface area is 103 Å². The number of nitrogens with one attached hydrogen (secondary N) is 1. The topological polar surface area (TPSA) is 41.6 Å². The molecule has 2 saturated heterocycles. The fraction of sp³-hybridized carbons (Fsp3) is 0.923. The first-order chi connectivity index (χ1) is 8.18. The molecule has 4 heteroatoms. The van der Waals surface area contributed by atoms with Crippen molar-refractivity contribution in [3.8, 4) is 0 Å². The lowest BCUT2D eigenvalue weighted by atomic mass is 10.0. The molecular formula is C13H22N2O2. The lowest BCUT2D eigenvalue weighted by Gasteiger charge is -2.28. The second-order valence-electron chi connectivity index (χ2n) is 5.92. The van der Waals surface area contributed by atoms with Crippen molar-refractivity contribution in [2.45, 2.75) is 51.3 Å². The quantitative estimate of drug-likeness (QED) is 0.796. The molecule has 1 saturated carbocycles. The minimum atomic E-state index is 0.00968. The van der Waals surface area contributed by atoms with E-state index in [0.29, 0.717) is 30.7 Å². The highest BCUT2D eigenvalue weighted by Crippen LogP contribution is 2.40. The highest BCUT2D eigenvalue weighted by molar-refractivity contribution is 5.84. The summed E-state index contributed by atoms with van der Waals surface area (Å²) in [5, 5.41) is 3.33. The largest absolute Gasteiger partial charge is 0.376 e. The summed E-state index contributed by atoms with van der Waals surface area (Å²) in [6, 6.07) is 0.335. The molecule has 0 bridgehead atoms. The minimum absolute atomic E-state index is 0.00968. The third-order valence-electron chi connectivity index (χ3n) is 4.29. The van der Waals surface area contributed by atoms with Gasteiger partial charge in [0, 0.05) is 6.61 Å². The Balaban J connectivity index is 1.70. The number of carbonyl (C=O) groups excluding carboxylic acids is 1. The summed E-state index contributed by atoms with van der Waals surface area (Å²) in [4.78, 5) is 14.4. The molecule has 2 heterocycles. The van der Waals surface area contributed by atoms with Gasteiger partial charge in [0.05, 0.1) is 24.9 Å². The molecule has 3 unspecified atom stereocenters. The molecule has 1 N–H and O–H groups in total. The van der Waals surface area contributed by atoms with E-state index in [1.165, 1.54) is 12.8 Å². The average molecular weight is 238 g/mol. The van der Waals surface area contributed by atoms with Crippen molar-refractivity contribution >= 4 is 5.91 Å². The van der Waals surface area contributed by atoms with Crippen LogP contribution in [0.2, 0.25) is 0 Å². The maximum atomic E-state index is 12.3. The van der Waals surface area contributed by atoms with Crippen molar-refractivity contribution in [3.05, 3.63) is 0 Å². The van der Waals surface area contributed by atoms with Crippen molar-refractivity contribution in [2.75, 3.05) is 13.3 Å². The predicted octanol–water partition coefficient (Wildman–Crippen LogP) is 0.968. The standard InChI is InChI=1S/C13H22N2O2/c1-8(2)11-13(16)15(7-14-11)10-5-6-17-12(10)9-3-4-9/h8-12,14H,3-7H2,1-2H3. The van der Waals surface area contributed by atoms with E-state index in [-0.39, 0.29) is 11.9 Å². The van der Waals surface area contributed by atoms with Gasteiger partial charge in [0.25, 0.3) is 0 Å². The molecule has 2 aliphatic heterocycles. The highest BCUT2D eigenvalue weighted by atomic mass is 16.5. The van der Waals surface area contributed by atoms with Crippen molar-refractivity contribution in [1.29, 1.82) is 0 Å². The second kappa shape index (κ2) is 4.25. The fourth-order valence-electron chi connectivity index (χ4n) is 3.15. The molecule has 3 aliphatic rings.